The molecule has 0 spiro atoms. The third-order valence-corrected chi connectivity index (χ3v) is 40.7. The van der Waals surface area contributed by atoms with Crippen LogP contribution < -0.4 is 0 Å². The summed E-state index contributed by atoms with van der Waals surface area (Å²) in [4.78, 5) is 0. The summed E-state index contributed by atoms with van der Waals surface area (Å²) in [5.74, 6) is 2.61. The first-order valence-corrected chi connectivity index (χ1v) is 63.2. The van der Waals surface area contributed by atoms with Gasteiger partial charge in [-0.15, -0.1) is 64.5 Å². The molecule has 4 aliphatic carbocycles. The number of rotatable bonds is 20. The molecule has 20 aliphatic heterocycles. The van der Waals surface area contributed by atoms with E-state index in [9.17, 15) is 0 Å². The van der Waals surface area contributed by atoms with Crippen LogP contribution in [0.15, 0.2) is 23.9 Å². The van der Waals surface area contributed by atoms with Crippen LogP contribution in [0, 0.1) is 23.7 Å². The minimum absolute atomic E-state index is 0. The molecule has 148 heavy (non-hydrogen) atoms. The van der Waals surface area contributed by atoms with Gasteiger partial charge in [0.25, 0.3) is 0 Å². The second-order valence-electron chi connectivity index (χ2n) is 50.7. The van der Waals surface area contributed by atoms with Gasteiger partial charge in [-0.25, -0.2) is 24.7 Å². The number of nitrogens with zero attached hydrogens (tertiary/aromatic N) is 24. The number of allylic oxidation sites excluding steroid dienone is 2. The molecule has 20 heterocycles. The second-order valence-corrected chi connectivity index (χ2v) is 50.7. The van der Waals surface area contributed by atoms with E-state index >= 15 is 0 Å². The molecule has 24 nitrogen and oxygen atoms in total. The van der Waals surface area contributed by atoms with Crippen molar-refractivity contribution in [1.82, 2.24) is 0 Å². The maximum Gasteiger partial charge on any atom is 2.00 e. The molecule has 0 N–H and O–H groups in total. The van der Waals surface area contributed by atoms with Crippen LogP contribution in [0.3, 0.4) is 0 Å². The molecule has 19 saturated heterocycles. The average molecular weight is 2240 g/mol. The van der Waals surface area contributed by atoms with Gasteiger partial charge in [0, 0.05) is 0 Å². The summed E-state index contributed by atoms with van der Waals surface area (Å²) < 4.78 is 0. The van der Waals surface area contributed by atoms with Gasteiger partial charge in [-0.05, 0) is 0 Å². The Kier molecular flexibility index (Phi) is 51.0. The topological polar surface area (TPSA) is 338 Å². The summed E-state index contributed by atoms with van der Waals surface area (Å²) >= 11 is 0. The predicted molar refractivity (Wildman–Crippen MR) is 602 cm³/mol. The van der Waals surface area contributed by atoms with Gasteiger partial charge >= 0.3 is 77.9 Å². The molecule has 0 aromatic heterocycles. The van der Waals surface area contributed by atoms with E-state index in [-0.39, 0.29) is 109 Å². The van der Waals surface area contributed by atoms with Crippen molar-refractivity contribution in [3.63, 3.8) is 0 Å². The minimum atomic E-state index is 0. The van der Waals surface area contributed by atoms with E-state index in [1.807, 2.05) is 0 Å². The fraction of sp³-hybridized carbons (Fsp3) is 0.967. The van der Waals surface area contributed by atoms with Crippen molar-refractivity contribution in [2.24, 2.45) is 23.7 Å². The van der Waals surface area contributed by atoms with Crippen LogP contribution >= 0.6 is 0 Å². The van der Waals surface area contributed by atoms with Crippen LogP contribution in [-0.4, -0.2) is 264 Å². The molecule has 32 unspecified atom stereocenters. The maximum atomic E-state index is 5.51. The Morgan fingerprint density at radius 3 is 0.493 bits per heavy atom. The molecule has 24 rings (SSSR count). The summed E-state index contributed by atoms with van der Waals surface area (Å²) in [6, 6.07) is 12.4. The van der Waals surface area contributed by atoms with E-state index < -0.39 is 0 Å². The zero-order valence-corrected chi connectivity index (χ0v) is 105. The molecule has 0 aromatic carbocycles. The van der Waals surface area contributed by atoms with Gasteiger partial charge in [0.2, 0.25) is 0 Å². The van der Waals surface area contributed by atoms with Crippen molar-refractivity contribution < 1.29 is 77.9 Å². The van der Waals surface area contributed by atoms with Crippen molar-refractivity contribution in [3.8, 4) is 0 Å². The summed E-state index contributed by atoms with van der Waals surface area (Å²) in [5.41, 5.74) is 1.18. The average Bonchev–Trinajstić information content (AvgIpc) is 0.799. The first-order chi connectivity index (χ1) is 71.3. The van der Waals surface area contributed by atoms with Crippen LogP contribution in [0.4, 0.5) is 0 Å². The summed E-state index contributed by atoms with van der Waals surface area (Å²) in [5, 5.41) is 128. The molecule has 0 aromatic rings. The third-order valence-electron chi connectivity index (χ3n) is 40.7. The van der Waals surface area contributed by atoms with Gasteiger partial charge < -0.3 is 128 Å². The van der Waals surface area contributed by atoms with Gasteiger partial charge in [0.05, 0.1) is 0 Å². The predicted octanol–water partition coefficient (Wildman–Crippen LogP) is 32.8. The summed E-state index contributed by atoms with van der Waals surface area (Å²) in [6.07, 6.45) is 95.1. The molecular weight excluding hydrogens is 2040 g/mol. The second kappa shape index (κ2) is 63.1. The van der Waals surface area contributed by atoms with E-state index in [0.29, 0.717) is 205 Å². The molecule has 0 amide bonds. The first-order valence-electron chi connectivity index (χ1n) is 63.2. The zero-order chi connectivity index (χ0) is 96.6. The Bertz CT molecular complexity index is 3270. The summed E-state index contributed by atoms with van der Waals surface area (Å²) in [6.45, 7) is 8.17. The van der Waals surface area contributed by atoms with Gasteiger partial charge in [-0.1, -0.05) is 479 Å². The molecule has 4 saturated carbocycles. The van der Waals surface area contributed by atoms with E-state index in [1.54, 1.807) is 0 Å². The van der Waals surface area contributed by atoms with Crippen molar-refractivity contribution in [1.29, 1.82) is 0 Å². The van der Waals surface area contributed by atoms with Crippen LogP contribution in [-0.2, 0) is 77.9 Å². The quantitative estimate of drug-likeness (QED) is 0.103. The molecule has 28 heteroatoms. The Balaban J connectivity index is 0.000000133. The molecule has 0 radical (unpaired) electrons. The standard InChI is InChI=1S/3C30H50N6.C30H46N6.4Zn/c4*1-2-10-21(11-3-1)30-35-28(26-16-8-14-24(33-26)22-12-4-6-18-31-22)20-29(36-30)27-17-9-15-25(34-27)23-13-5-7-19-32-23;;;;/h3*21-30H,1-20H2;4,6,12,21,23-30H,1-3,5,7-11,13-20H2;;;;/q4*-6;4*+2. The maximum absolute atomic E-state index is 5.51. The molecular formula is C120H196N24Zn4-16. The smallest absolute Gasteiger partial charge is 0.686 e. The van der Waals surface area contributed by atoms with Crippen molar-refractivity contribution >= 4 is 0 Å². The number of hydrogen-bond donors (Lipinski definition) is 0. The minimum Gasteiger partial charge on any atom is -0.686 e. The van der Waals surface area contributed by atoms with E-state index in [2.05, 4.69) is 18.2 Å². The number of piperidine rings is 15. The monoisotopic (exact) mass is 2230 g/mol. The zero-order valence-electron chi connectivity index (χ0n) is 92.8. The van der Waals surface area contributed by atoms with Gasteiger partial charge in [0.1, 0.15) is 0 Å². The Hall–Kier alpha value is 0.854. The SMILES string of the molecule is C1=CC[N-]C(C2CCCC(C3CC(C4CCCC(C5CCCC[N-]5)[N-]4)[N-]C(C4CCCCC4)[N-]3)[N-]2)=C1.C1CCC(C2[N-]C(C3CCCC(C4CCCC[N-]4)[N-]3)CC(C3CCCC(C4CCCC[N-]4)[N-]3)[N-]2)CC1.C1CCC(C2[N-]C(C3CCCC(C4CCCC[N-]4)[N-]3)CC(C3CCCC(C4CCCC[N-]4)[N-]3)[N-]2)CC1.C1CCC(C2[N-]C(C3CCCC(C4CCCC[N-]4)[N-]3)CC(C3CCCC(C4CCCC[N-]4)[N-]3)[N-]2)CC1.[Zn+2].[Zn+2].[Zn+2].[Zn+2]. The van der Waals surface area contributed by atoms with E-state index in [4.69, 9.17) is 128 Å². The fourth-order valence-electron chi connectivity index (χ4n) is 32.5. The van der Waals surface area contributed by atoms with E-state index in [0.717, 1.165) is 84.5 Å². The molecule has 0 bridgehead atoms. The van der Waals surface area contributed by atoms with Crippen LogP contribution in [0.5, 0.6) is 0 Å². The molecule has 32 atom stereocenters. The largest absolute Gasteiger partial charge is 2.00 e. The van der Waals surface area contributed by atoms with Gasteiger partial charge in [0.15, 0.2) is 0 Å². The van der Waals surface area contributed by atoms with E-state index in [1.165, 1.54) is 417 Å². The third kappa shape index (κ3) is 33.6. The fourth-order valence-corrected chi connectivity index (χ4v) is 32.5. The van der Waals surface area contributed by atoms with Crippen LogP contribution in [0.25, 0.3) is 128 Å². The summed E-state index contributed by atoms with van der Waals surface area (Å²) in [7, 11) is 0. The number of hydrogen-bond acceptors (Lipinski definition) is 0. The Labute approximate surface area is 952 Å². The van der Waals surface area contributed by atoms with Gasteiger partial charge in [-0.2, -0.15) is 187 Å². The molecule has 23 fully saturated rings. The van der Waals surface area contributed by atoms with Crippen LogP contribution in [0.1, 0.15) is 443 Å². The van der Waals surface area contributed by atoms with Crippen LogP contribution in [0.2, 0.25) is 0 Å². The van der Waals surface area contributed by atoms with Crippen molar-refractivity contribution in [2.75, 3.05) is 52.4 Å². The molecule has 820 valence electrons. The van der Waals surface area contributed by atoms with Crippen molar-refractivity contribution in [3.05, 3.63) is 152 Å². The normalized spacial score (nSPS) is 43.9. The van der Waals surface area contributed by atoms with Crippen molar-refractivity contribution in [2.45, 2.75) is 655 Å². The first kappa shape index (κ1) is 120. The Morgan fingerprint density at radius 1 is 0.149 bits per heavy atom. The van der Waals surface area contributed by atoms with Gasteiger partial charge in [-0.3, -0.25) is 0 Å². The molecule has 24 aliphatic rings. The Morgan fingerprint density at radius 2 is 0.318 bits per heavy atom.